The van der Waals surface area contributed by atoms with Gasteiger partial charge in [-0.25, -0.2) is 8.42 Å². The van der Waals surface area contributed by atoms with E-state index < -0.39 is 20.6 Å². The summed E-state index contributed by atoms with van der Waals surface area (Å²) in [6.45, 7) is 0. The van der Waals surface area contributed by atoms with Crippen molar-refractivity contribution in [3.63, 3.8) is 0 Å². The molecule has 2 heterocycles. The third kappa shape index (κ3) is 2.79. The number of hydrogen-bond donors (Lipinski definition) is 0. The minimum absolute atomic E-state index is 0.216. The van der Waals surface area contributed by atoms with Crippen LogP contribution in [-0.2, 0) is 20.6 Å². The van der Waals surface area contributed by atoms with Crippen molar-refractivity contribution in [3.8, 4) is 11.5 Å². The molecule has 0 aliphatic carbocycles. The number of hydrogen-bond acceptors (Lipinski definition) is 5. The van der Waals surface area contributed by atoms with Crippen molar-refractivity contribution >= 4 is 20.6 Å². The molecule has 0 radical (unpaired) electrons. The molecule has 21 heavy (non-hydrogen) atoms. The topological polar surface area (TPSA) is 69.7 Å². The maximum absolute atomic E-state index is 11.1. The van der Waals surface area contributed by atoms with E-state index in [1.807, 2.05) is 24.3 Å². The zero-order valence-electron chi connectivity index (χ0n) is 10.9. The van der Waals surface area contributed by atoms with E-state index in [0.717, 1.165) is 10.6 Å². The minimum atomic E-state index is -3.13. The second-order valence-corrected chi connectivity index (χ2v) is 7.65. The molecule has 0 bridgehead atoms. The molecule has 0 saturated heterocycles. The van der Waals surface area contributed by atoms with Crippen LogP contribution in [0.1, 0.15) is 0 Å². The van der Waals surface area contributed by atoms with E-state index in [1.165, 1.54) is 0 Å². The molecular formula is C14H12O5S2. The quantitative estimate of drug-likeness (QED) is 0.741. The minimum Gasteiger partial charge on any atom is -0.479 e. The van der Waals surface area contributed by atoms with Crippen LogP contribution in [0, 0.1) is 0 Å². The fourth-order valence-corrected chi connectivity index (χ4v) is 4.04. The highest BCUT2D eigenvalue weighted by Gasteiger charge is 2.26. The largest absolute Gasteiger partial charge is 0.479 e. The second-order valence-electron chi connectivity index (χ2n) is 4.38. The Balaban J connectivity index is 0.000000126. The van der Waals surface area contributed by atoms with Gasteiger partial charge in [-0.1, -0.05) is 24.3 Å². The Morgan fingerprint density at radius 3 is 2.29 bits per heavy atom. The van der Waals surface area contributed by atoms with Crippen molar-refractivity contribution in [2.24, 2.45) is 0 Å². The highest BCUT2D eigenvalue weighted by atomic mass is 32.2. The molecular weight excluding hydrogens is 312 g/mol. The molecule has 7 heteroatoms. The lowest BCUT2D eigenvalue weighted by atomic mass is 10.3. The standard InChI is InChI=1S/C7H6O3S.C7H6O2S/c8-11(9)5-10-6-3-1-2-4-7(6)11;8-10-5-9-6-3-1-2-4-7(6)10/h1-4H,5H2;1-4H,5H2. The average Bonchev–Trinajstić information content (AvgIpc) is 3.02. The Labute approximate surface area is 124 Å². The molecule has 2 aliphatic heterocycles. The fraction of sp³-hybridized carbons (Fsp3) is 0.143. The van der Waals surface area contributed by atoms with E-state index in [1.54, 1.807) is 24.3 Å². The van der Waals surface area contributed by atoms with Gasteiger partial charge < -0.3 is 9.47 Å². The third-order valence-electron chi connectivity index (χ3n) is 2.97. The lowest BCUT2D eigenvalue weighted by Crippen LogP contribution is -2.01. The van der Waals surface area contributed by atoms with Gasteiger partial charge in [0.05, 0.1) is 15.7 Å². The average molecular weight is 324 g/mol. The first-order chi connectivity index (χ1) is 10.1. The molecule has 1 unspecified atom stereocenters. The van der Waals surface area contributed by atoms with Crippen LogP contribution < -0.4 is 9.47 Å². The molecule has 4 rings (SSSR count). The number of fused-ring (bicyclic) bond motifs is 2. The summed E-state index contributed by atoms with van der Waals surface area (Å²) in [6, 6.07) is 14.0. The van der Waals surface area contributed by atoms with E-state index in [4.69, 9.17) is 9.47 Å². The van der Waals surface area contributed by atoms with Gasteiger partial charge in [0.2, 0.25) is 9.84 Å². The van der Waals surface area contributed by atoms with Gasteiger partial charge in [-0.3, -0.25) is 4.21 Å². The van der Waals surface area contributed by atoms with E-state index in [9.17, 15) is 12.6 Å². The van der Waals surface area contributed by atoms with Gasteiger partial charge in [0, 0.05) is 0 Å². The summed E-state index contributed by atoms with van der Waals surface area (Å²) < 4.78 is 43.3. The van der Waals surface area contributed by atoms with E-state index >= 15 is 0 Å². The van der Waals surface area contributed by atoms with Crippen molar-refractivity contribution < 1.29 is 22.1 Å². The predicted octanol–water partition coefficient (Wildman–Crippen LogP) is 1.95. The van der Waals surface area contributed by atoms with Crippen molar-refractivity contribution in [1.82, 2.24) is 0 Å². The molecule has 0 amide bonds. The molecule has 2 aromatic rings. The number of rotatable bonds is 0. The molecule has 0 aromatic heterocycles. The molecule has 0 spiro atoms. The van der Waals surface area contributed by atoms with Crippen LogP contribution >= 0.6 is 0 Å². The first-order valence-electron chi connectivity index (χ1n) is 6.13. The summed E-state index contributed by atoms with van der Waals surface area (Å²) >= 11 is 0. The number of benzene rings is 2. The first kappa shape index (κ1) is 14.1. The van der Waals surface area contributed by atoms with Gasteiger partial charge >= 0.3 is 0 Å². The summed E-state index contributed by atoms with van der Waals surface area (Å²) in [5, 5.41) is 0. The molecule has 2 aliphatic rings. The molecule has 5 nitrogen and oxygen atoms in total. The van der Waals surface area contributed by atoms with Crippen molar-refractivity contribution in [3.05, 3.63) is 48.5 Å². The van der Waals surface area contributed by atoms with Crippen LogP contribution in [0.3, 0.4) is 0 Å². The maximum atomic E-state index is 11.1. The second kappa shape index (κ2) is 5.50. The maximum Gasteiger partial charge on any atom is 0.216 e. The van der Waals surface area contributed by atoms with Crippen LogP contribution in [0.15, 0.2) is 58.3 Å². The molecule has 0 N–H and O–H groups in total. The summed E-state index contributed by atoms with van der Waals surface area (Å²) in [7, 11) is -4.05. The molecule has 0 fully saturated rings. The zero-order valence-corrected chi connectivity index (χ0v) is 12.5. The van der Waals surface area contributed by atoms with Gasteiger partial charge in [-0.2, -0.15) is 0 Å². The Kier molecular flexibility index (Phi) is 3.69. The molecule has 110 valence electrons. The van der Waals surface area contributed by atoms with Crippen LogP contribution in [-0.4, -0.2) is 24.5 Å². The number of ether oxygens (including phenoxy) is 2. The Morgan fingerprint density at radius 2 is 1.57 bits per heavy atom. The Morgan fingerprint density at radius 1 is 0.905 bits per heavy atom. The van der Waals surface area contributed by atoms with Gasteiger partial charge in [0.15, 0.2) is 11.9 Å². The van der Waals surface area contributed by atoms with E-state index in [-0.39, 0.29) is 5.94 Å². The SMILES string of the molecule is O=S1(=O)COc2ccccc21.O=S1COc2ccccc21. The van der Waals surface area contributed by atoms with Crippen LogP contribution in [0.25, 0.3) is 0 Å². The van der Waals surface area contributed by atoms with Crippen LogP contribution in [0.5, 0.6) is 11.5 Å². The van der Waals surface area contributed by atoms with E-state index in [0.29, 0.717) is 16.6 Å². The fourth-order valence-electron chi connectivity index (χ4n) is 1.97. The third-order valence-corrected chi connectivity index (χ3v) is 5.57. The van der Waals surface area contributed by atoms with Crippen LogP contribution in [0.2, 0.25) is 0 Å². The van der Waals surface area contributed by atoms with Crippen LogP contribution in [0.4, 0.5) is 0 Å². The van der Waals surface area contributed by atoms with Gasteiger partial charge in [0.1, 0.15) is 16.4 Å². The Bertz CT molecular complexity index is 799. The summed E-state index contributed by atoms with van der Waals surface area (Å²) in [5.41, 5.74) is 0. The van der Waals surface area contributed by atoms with E-state index in [2.05, 4.69) is 0 Å². The highest BCUT2D eigenvalue weighted by molar-refractivity contribution is 7.91. The van der Waals surface area contributed by atoms with Gasteiger partial charge in [-0.15, -0.1) is 0 Å². The van der Waals surface area contributed by atoms with Gasteiger partial charge in [-0.05, 0) is 24.3 Å². The predicted molar refractivity (Wildman–Crippen MR) is 77.5 cm³/mol. The Hall–Kier alpha value is -1.86. The summed E-state index contributed by atoms with van der Waals surface area (Å²) in [6.07, 6.45) is 0. The number of sulfone groups is 1. The molecule has 2 aromatic carbocycles. The number of para-hydroxylation sites is 2. The lowest BCUT2D eigenvalue weighted by molar-refractivity contribution is 0.389. The smallest absolute Gasteiger partial charge is 0.216 e. The molecule has 0 saturated carbocycles. The van der Waals surface area contributed by atoms with Crippen molar-refractivity contribution in [2.45, 2.75) is 9.79 Å². The lowest BCUT2D eigenvalue weighted by Gasteiger charge is -1.91. The van der Waals surface area contributed by atoms with Crippen molar-refractivity contribution in [2.75, 3.05) is 11.9 Å². The first-order valence-corrected chi connectivity index (χ1v) is 9.10. The van der Waals surface area contributed by atoms with Gasteiger partial charge in [0.25, 0.3) is 0 Å². The summed E-state index contributed by atoms with van der Waals surface area (Å²) in [5.74, 6) is 1.33. The normalized spacial score (nSPS) is 20.3. The highest BCUT2D eigenvalue weighted by Crippen LogP contribution is 2.30. The zero-order chi connectivity index (χ0) is 14.9. The monoisotopic (exact) mass is 324 g/mol. The van der Waals surface area contributed by atoms with Crippen molar-refractivity contribution in [1.29, 1.82) is 0 Å². The molecule has 1 atom stereocenters. The summed E-state index contributed by atoms with van der Waals surface area (Å²) in [4.78, 5) is 1.13.